The summed E-state index contributed by atoms with van der Waals surface area (Å²) in [4.78, 5) is 0.318. The normalized spacial score (nSPS) is 11.9. The number of hydrogen-bond donors (Lipinski definition) is 0. The van der Waals surface area contributed by atoms with Gasteiger partial charge in [0.15, 0.2) is 11.9 Å². The van der Waals surface area contributed by atoms with Crippen molar-refractivity contribution in [3.8, 4) is 5.75 Å². The summed E-state index contributed by atoms with van der Waals surface area (Å²) in [6, 6.07) is 19.4. The Hall–Kier alpha value is -1.97. The van der Waals surface area contributed by atoms with Crippen molar-refractivity contribution >= 4 is 10.0 Å². The van der Waals surface area contributed by atoms with Crippen LogP contribution in [0, 0.1) is 6.92 Å². The summed E-state index contributed by atoms with van der Waals surface area (Å²) in [6.07, 6.45) is 16.0. The molecule has 0 aliphatic rings. The van der Waals surface area contributed by atoms with Gasteiger partial charge in [-0.3, -0.25) is 0 Å². The third kappa shape index (κ3) is 12.9. The van der Waals surface area contributed by atoms with E-state index in [0.29, 0.717) is 18.0 Å². The minimum absolute atomic E-state index is 0. The molecule has 0 atom stereocenters. The summed E-state index contributed by atoms with van der Waals surface area (Å²) in [5.41, 5.74) is 3.93. The Kier molecular flexibility index (Phi) is 17.8. The van der Waals surface area contributed by atoms with Gasteiger partial charge in [0.1, 0.15) is 12.3 Å². The lowest BCUT2D eigenvalue weighted by molar-refractivity contribution is -0.704. The molecule has 0 saturated carbocycles. The van der Waals surface area contributed by atoms with Gasteiger partial charge in [0, 0.05) is 25.1 Å². The third-order valence-corrected chi connectivity index (χ3v) is 10.3. The van der Waals surface area contributed by atoms with Gasteiger partial charge in [0.05, 0.1) is 18.0 Å². The van der Waals surface area contributed by atoms with Crippen LogP contribution in [-0.4, -0.2) is 19.3 Å². The Morgan fingerprint density at radius 2 is 1.39 bits per heavy atom. The molecule has 256 valence electrons. The first-order valence-corrected chi connectivity index (χ1v) is 18.8. The fourth-order valence-electron chi connectivity index (χ4n) is 5.74. The second kappa shape index (κ2) is 20.4. The van der Waals surface area contributed by atoms with Crippen LogP contribution in [0.15, 0.2) is 71.8 Å². The smallest absolute Gasteiger partial charge is 0.243 e. The standard InChI is InChI=1S/C39H59N2O3S.HI/c1-7-9-10-11-12-13-14-15-16-19-29-44-38-26-23-34(30-37(38)39(4,5)6)31-41(32-35-20-17-18-28-40(35)27-8-2)45(42,43)36-24-21-33(3)22-25-36;/h17-18,20-26,28,30H,7-16,19,27,29,31-32H2,1-6H3;1H/q+1;/p-1. The van der Waals surface area contributed by atoms with Crippen molar-refractivity contribution in [1.29, 1.82) is 0 Å². The maximum atomic E-state index is 14.1. The van der Waals surface area contributed by atoms with Crippen molar-refractivity contribution in [3.63, 3.8) is 0 Å². The Morgan fingerprint density at radius 1 is 0.761 bits per heavy atom. The van der Waals surface area contributed by atoms with Gasteiger partial charge in [0.2, 0.25) is 10.0 Å². The van der Waals surface area contributed by atoms with Crippen molar-refractivity contribution in [2.45, 2.75) is 142 Å². The molecule has 7 heteroatoms. The van der Waals surface area contributed by atoms with Crippen LogP contribution in [0.4, 0.5) is 0 Å². The van der Waals surface area contributed by atoms with Crippen molar-refractivity contribution in [3.05, 3.63) is 89.2 Å². The first kappa shape index (κ1) is 40.2. The van der Waals surface area contributed by atoms with Crippen LogP contribution in [0.25, 0.3) is 0 Å². The van der Waals surface area contributed by atoms with Gasteiger partial charge in [0.25, 0.3) is 0 Å². The second-order valence-corrected chi connectivity index (χ2v) is 15.5. The van der Waals surface area contributed by atoms with E-state index in [4.69, 9.17) is 4.74 Å². The van der Waals surface area contributed by atoms with Crippen LogP contribution in [0.2, 0.25) is 0 Å². The lowest BCUT2D eigenvalue weighted by Crippen LogP contribution is -3.00. The number of unbranched alkanes of at least 4 members (excludes halogenated alkanes) is 9. The first-order valence-electron chi connectivity index (χ1n) is 17.4. The minimum Gasteiger partial charge on any atom is -1.00 e. The zero-order valence-electron chi connectivity index (χ0n) is 29.4. The molecule has 0 fully saturated rings. The highest BCUT2D eigenvalue weighted by atomic mass is 127. The number of rotatable bonds is 20. The van der Waals surface area contributed by atoms with Gasteiger partial charge in [-0.2, -0.15) is 4.31 Å². The van der Waals surface area contributed by atoms with E-state index in [9.17, 15) is 8.42 Å². The van der Waals surface area contributed by atoms with E-state index in [1.54, 1.807) is 16.4 Å². The summed E-state index contributed by atoms with van der Waals surface area (Å²) in [7, 11) is -3.75. The number of aromatic nitrogens is 1. The highest BCUT2D eigenvalue weighted by Gasteiger charge is 2.29. The Morgan fingerprint density at radius 3 is 2.00 bits per heavy atom. The van der Waals surface area contributed by atoms with E-state index in [0.717, 1.165) is 47.5 Å². The van der Waals surface area contributed by atoms with E-state index >= 15 is 0 Å². The molecular weight excluding hydrogens is 703 g/mol. The summed E-state index contributed by atoms with van der Waals surface area (Å²) in [5.74, 6) is 0.902. The number of sulfonamides is 1. The zero-order chi connectivity index (χ0) is 32.7. The number of halogens is 1. The average Bonchev–Trinajstić information content (AvgIpc) is 3.00. The number of hydrogen-bond acceptors (Lipinski definition) is 3. The van der Waals surface area contributed by atoms with Gasteiger partial charge in [-0.1, -0.05) is 128 Å². The van der Waals surface area contributed by atoms with E-state index in [1.807, 2.05) is 55.6 Å². The molecule has 0 saturated heterocycles. The zero-order valence-corrected chi connectivity index (χ0v) is 32.3. The van der Waals surface area contributed by atoms with Crippen LogP contribution in [0.1, 0.15) is 128 Å². The minimum atomic E-state index is -3.75. The number of benzene rings is 2. The van der Waals surface area contributed by atoms with Crippen molar-refractivity contribution < 1.29 is 41.7 Å². The van der Waals surface area contributed by atoms with E-state index in [-0.39, 0.29) is 35.9 Å². The second-order valence-electron chi connectivity index (χ2n) is 13.6. The molecule has 5 nitrogen and oxygen atoms in total. The molecule has 0 N–H and O–H groups in total. The van der Waals surface area contributed by atoms with Gasteiger partial charge < -0.3 is 28.7 Å². The average molecular weight is 763 g/mol. The quantitative estimate of drug-likeness (QED) is 0.0734. The predicted molar refractivity (Wildman–Crippen MR) is 187 cm³/mol. The van der Waals surface area contributed by atoms with Crippen LogP contribution in [0.3, 0.4) is 0 Å². The maximum absolute atomic E-state index is 14.1. The van der Waals surface area contributed by atoms with Gasteiger partial charge in [-0.25, -0.2) is 13.0 Å². The largest absolute Gasteiger partial charge is 1.00 e. The molecule has 0 aliphatic carbocycles. The van der Waals surface area contributed by atoms with Crippen molar-refractivity contribution in [2.24, 2.45) is 0 Å². The number of ether oxygens (including phenoxy) is 1. The third-order valence-electron chi connectivity index (χ3n) is 8.46. The molecule has 46 heavy (non-hydrogen) atoms. The topological polar surface area (TPSA) is 50.5 Å². The molecule has 1 heterocycles. The van der Waals surface area contributed by atoms with E-state index in [1.165, 1.54) is 57.8 Å². The van der Waals surface area contributed by atoms with Crippen LogP contribution in [0.5, 0.6) is 5.75 Å². The van der Waals surface area contributed by atoms with Crippen LogP contribution in [-0.2, 0) is 35.1 Å². The first-order chi connectivity index (χ1) is 21.6. The van der Waals surface area contributed by atoms with Crippen molar-refractivity contribution in [2.75, 3.05) is 6.61 Å². The maximum Gasteiger partial charge on any atom is 0.243 e. The molecular formula is C39H59IN2O3S. The molecule has 0 amide bonds. The summed E-state index contributed by atoms with van der Waals surface area (Å²) >= 11 is 0. The molecule has 0 radical (unpaired) electrons. The van der Waals surface area contributed by atoms with E-state index < -0.39 is 10.0 Å². The lowest BCUT2D eigenvalue weighted by Gasteiger charge is -2.26. The Bertz CT molecular complexity index is 1400. The fraction of sp³-hybridized carbons (Fsp3) is 0.564. The number of pyridine rings is 1. The molecule has 2 aromatic carbocycles. The molecule has 0 bridgehead atoms. The molecule has 0 aliphatic heterocycles. The summed E-state index contributed by atoms with van der Waals surface area (Å²) < 4.78 is 38.3. The highest BCUT2D eigenvalue weighted by molar-refractivity contribution is 7.89. The van der Waals surface area contributed by atoms with Gasteiger partial charge in [-0.05, 0) is 48.1 Å². The Balaban J connectivity index is 0.00000736. The molecule has 3 rings (SSSR count). The lowest BCUT2D eigenvalue weighted by atomic mass is 9.85. The number of aryl methyl sites for hydroxylation is 2. The highest BCUT2D eigenvalue weighted by Crippen LogP contribution is 2.33. The molecule has 0 spiro atoms. The number of nitrogens with zero attached hydrogens (tertiary/aromatic N) is 2. The Labute approximate surface area is 298 Å². The molecule has 0 unspecified atom stereocenters. The molecule has 3 aromatic rings. The predicted octanol–water partition coefficient (Wildman–Crippen LogP) is 6.68. The fourth-order valence-corrected chi connectivity index (χ4v) is 7.14. The summed E-state index contributed by atoms with van der Waals surface area (Å²) in [6.45, 7) is 15.1. The summed E-state index contributed by atoms with van der Waals surface area (Å²) in [5, 5.41) is 0. The monoisotopic (exact) mass is 762 g/mol. The van der Waals surface area contributed by atoms with Gasteiger partial charge >= 0.3 is 0 Å². The molecule has 1 aromatic heterocycles. The van der Waals surface area contributed by atoms with E-state index in [2.05, 4.69) is 45.3 Å². The van der Waals surface area contributed by atoms with Gasteiger partial charge in [-0.15, -0.1) is 0 Å². The van der Waals surface area contributed by atoms with Crippen molar-refractivity contribution in [1.82, 2.24) is 4.31 Å². The SMILES string of the molecule is CCCCCCCCCCCCOc1ccc(CN(Cc2cccc[n+]2CCC)S(=O)(=O)c2ccc(C)cc2)cc1C(C)(C)C.[I-]. The van der Waals surface area contributed by atoms with Crippen LogP contribution < -0.4 is 33.3 Å². The van der Waals surface area contributed by atoms with Crippen LogP contribution >= 0.6 is 0 Å².